The summed E-state index contributed by atoms with van der Waals surface area (Å²) in [5, 5.41) is 17.0. The second-order valence-electron chi connectivity index (χ2n) is 7.58. The summed E-state index contributed by atoms with van der Waals surface area (Å²) in [6.07, 6.45) is 2.27. The molecule has 0 aliphatic carbocycles. The summed E-state index contributed by atoms with van der Waals surface area (Å²) in [6.45, 7) is 5.07. The van der Waals surface area contributed by atoms with Crippen LogP contribution in [0.3, 0.4) is 0 Å². The zero-order valence-corrected chi connectivity index (χ0v) is 17.7. The molecular weight excluding hydrogens is 386 g/mol. The van der Waals surface area contributed by atoms with E-state index in [-0.39, 0.29) is 0 Å². The van der Waals surface area contributed by atoms with E-state index in [0.717, 1.165) is 49.5 Å². The lowest BCUT2D eigenvalue weighted by molar-refractivity contribution is -0.145. The third-order valence-electron chi connectivity index (χ3n) is 5.39. The Hall–Kier alpha value is -1.92. The standard InChI is InChI=1S/C23H30ClN3O2/c1-2-13-26-22(23(28)29)27-15-14-25-21(16-27)12-5-17-3-6-18(7-4-17)19-8-10-20(24)11-9-19/h3-4,6-11,21-22,25-26H,2,5,12-16H2,1H3,(H,28,29). The maximum atomic E-state index is 11.6. The van der Waals surface area contributed by atoms with Gasteiger partial charge < -0.3 is 10.4 Å². The summed E-state index contributed by atoms with van der Waals surface area (Å²) in [7, 11) is 0. The van der Waals surface area contributed by atoms with Crippen molar-refractivity contribution in [2.75, 3.05) is 26.2 Å². The number of benzene rings is 2. The molecule has 5 nitrogen and oxygen atoms in total. The number of nitrogens with zero attached hydrogens (tertiary/aromatic N) is 1. The van der Waals surface area contributed by atoms with E-state index in [1.165, 1.54) is 11.1 Å². The molecule has 1 aliphatic heterocycles. The van der Waals surface area contributed by atoms with E-state index in [2.05, 4.69) is 34.9 Å². The molecule has 1 fully saturated rings. The van der Waals surface area contributed by atoms with E-state index in [0.29, 0.717) is 12.6 Å². The summed E-state index contributed by atoms with van der Waals surface area (Å²) < 4.78 is 0. The molecule has 29 heavy (non-hydrogen) atoms. The van der Waals surface area contributed by atoms with Gasteiger partial charge in [0.05, 0.1) is 0 Å². The lowest BCUT2D eigenvalue weighted by atomic mass is 10.00. The number of hydrogen-bond donors (Lipinski definition) is 3. The Morgan fingerprint density at radius 3 is 2.48 bits per heavy atom. The molecule has 3 rings (SSSR count). The number of rotatable bonds is 9. The number of carbonyl (C=O) groups is 1. The number of aliphatic carboxylic acids is 1. The van der Waals surface area contributed by atoms with E-state index in [1.807, 2.05) is 36.1 Å². The average Bonchev–Trinajstić information content (AvgIpc) is 2.74. The fraction of sp³-hybridized carbons (Fsp3) is 0.435. The lowest BCUT2D eigenvalue weighted by Gasteiger charge is -2.37. The minimum atomic E-state index is -0.795. The number of nitrogens with one attached hydrogen (secondary N) is 2. The largest absolute Gasteiger partial charge is 0.479 e. The van der Waals surface area contributed by atoms with Crippen LogP contribution in [0.1, 0.15) is 25.3 Å². The van der Waals surface area contributed by atoms with Gasteiger partial charge in [-0.05, 0) is 54.6 Å². The highest BCUT2D eigenvalue weighted by atomic mass is 35.5. The fourth-order valence-electron chi connectivity index (χ4n) is 3.78. The van der Waals surface area contributed by atoms with Crippen molar-refractivity contribution in [3.8, 4) is 11.1 Å². The molecule has 2 unspecified atom stereocenters. The lowest BCUT2D eigenvalue weighted by Crippen LogP contribution is -2.60. The minimum Gasteiger partial charge on any atom is -0.479 e. The average molecular weight is 416 g/mol. The zero-order chi connectivity index (χ0) is 20.6. The van der Waals surface area contributed by atoms with Crippen molar-refractivity contribution in [3.05, 3.63) is 59.1 Å². The number of piperazine rings is 1. The van der Waals surface area contributed by atoms with Gasteiger partial charge in [-0.15, -0.1) is 0 Å². The molecule has 0 amide bonds. The third kappa shape index (κ3) is 6.28. The van der Waals surface area contributed by atoms with Crippen molar-refractivity contribution in [2.24, 2.45) is 0 Å². The highest BCUT2D eigenvalue weighted by Crippen LogP contribution is 2.22. The van der Waals surface area contributed by atoms with Crippen molar-refractivity contribution in [2.45, 2.75) is 38.4 Å². The monoisotopic (exact) mass is 415 g/mol. The molecular formula is C23H30ClN3O2. The van der Waals surface area contributed by atoms with Crippen molar-refractivity contribution >= 4 is 17.6 Å². The Labute approximate surface area is 178 Å². The first-order valence-corrected chi connectivity index (χ1v) is 10.7. The molecule has 0 bridgehead atoms. The molecule has 156 valence electrons. The van der Waals surface area contributed by atoms with E-state index in [4.69, 9.17) is 11.6 Å². The van der Waals surface area contributed by atoms with Crippen molar-refractivity contribution < 1.29 is 9.90 Å². The van der Waals surface area contributed by atoms with Gasteiger partial charge in [-0.3, -0.25) is 10.2 Å². The van der Waals surface area contributed by atoms with Gasteiger partial charge >= 0.3 is 5.97 Å². The topological polar surface area (TPSA) is 64.6 Å². The van der Waals surface area contributed by atoms with Gasteiger partial charge in [0.25, 0.3) is 0 Å². The first-order chi connectivity index (χ1) is 14.1. The molecule has 3 N–H and O–H groups in total. The Morgan fingerprint density at radius 2 is 1.86 bits per heavy atom. The Kier molecular flexibility index (Phi) is 8.07. The highest BCUT2D eigenvalue weighted by molar-refractivity contribution is 6.30. The van der Waals surface area contributed by atoms with E-state index >= 15 is 0 Å². The first kappa shape index (κ1) is 21.8. The van der Waals surface area contributed by atoms with Crippen LogP contribution in [-0.4, -0.2) is 54.4 Å². The summed E-state index contributed by atoms with van der Waals surface area (Å²) in [6, 6.07) is 16.8. The van der Waals surface area contributed by atoms with Crippen LogP contribution in [0.2, 0.25) is 5.02 Å². The molecule has 2 atom stereocenters. The molecule has 2 aromatic carbocycles. The van der Waals surface area contributed by atoms with Gasteiger partial charge in [0.1, 0.15) is 0 Å². The van der Waals surface area contributed by atoms with Crippen LogP contribution in [0.4, 0.5) is 0 Å². The van der Waals surface area contributed by atoms with Gasteiger partial charge in [-0.25, -0.2) is 4.79 Å². The minimum absolute atomic E-state index is 0.296. The number of halogens is 1. The Morgan fingerprint density at radius 1 is 1.21 bits per heavy atom. The smallest absolute Gasteiger partial charge is 0.335 e. The van der Waals surface area contributed by atoms with Gasteiger partial charge in [0.2, 0.25) is 0 Å². The molecule has 2 aromatic rings. The summed E-state index contributed by atoms with van der Waals surface area (Å²) in [5.74, 6) is -0.795. The van der Waals surface area contributed by atoms with Gasteiger partial charge in [-0.2, -0.15) is 0 Å². The van der Waals surface area contributed by atoms with Crippen LogP contribution in [0.15, 0.2) is 48.5 Å². The first-order valence-electron chi connectivity index (χ1n) is 10.4. The second kappa shape index (κ2) is 10.7. The molecule has 0 spiro atoms. The Balaban J connectivity index is 1.53. The van der Waals surface area contributed by atoms with Crippen LogP contribution in [0.5, 0.6) is 0 Å². The van der Waals surface area contributed by atoms with Crippen LogP contribution < -0.4 is 10.6 Å². The molecule has 1 saturated heterocycles. The summed E-state index contributed by atoms with van der Waals surface area (Å²) in [5.41, 5.74) is 3.63. The van der Waals surface area contributed by atoms with Crippen molar-refractivity contribution in [3.63, 3.8) is 0 Å². The number of carboxylic acid groups (broad SMARTS) is 1. The second-order valence-corrected chi connectivity index (χ2v) is 8.02. The molecule has 0 aromatic heterocycles. The fourth-order valence-corrected chi connectivity index (χ4v) is 3.91. The number of aryl methyl sites for hydroxylation is 1. The SMILES string of the molecule is CCCNC(C(=O)O)N1CCNC(CCc2ccc(-c3ccc(Cl)cc3)cc2)C1. The molecule has 0 saturated carbocycles. The summed E-state index contributed by atoms with van der Waals surface area (Å²) in [4.78, 5) is 13.7. The number of hydrogen-bond acceptors (Lipinski definition) is 4. The molecule has 6 heteroatoms. The van der Waals surface area contributed by atoms with Crippen molar-refractivity contribution in [1.29, 1.82) is 0 Å². The quantitative estimate of drug-likeness (QED) is 0.583. The Bertz CT molecular complexity index is 780. The van der Waals surface area contributed by atoms with E-state index in [9.17, 15) is 9.90 Å². The number of carboxylic acids is 1. The van der Waals surface area contributed by atoms with Gasteiger partial charge in [-0.1, -0.05) is 54.9 Å². The maximum absolute atomic E-state index is 11.6. The van der Waals surface area contributed by atoms with Crippen LogP contribution in [0.25, 0.3) is 11.1 Å². The van der Waals surface area contributed by atoms with Crippen LogP contribution in [-0.2, 0) is 11.2 Å². The van der Waals surface area contributed by atoms with Gasteiger partial charge in [0.15, 0.2) is 6.17 Å². The van der Waals surface area contributed by atoms with Crippen LogP contribution >= 0.6 is 11.6 Å². The highest BCUT2D eigenvalue weighted by Gasteiger charge is 2.29. The maximum Gasteiger partial charge on any atom is 0.335 e. The molecule has 0 radical (unpaired) electrons. The van der Waals surface area contributed by atoms with Crippen LogP contribution in [0, 0.1) is 0 Å². The molecule has 1 heterocycles. The van der Waals surface area contributed by atoms with Crippen molar-refractivity contribution in [1.82, 2.24) is 15.5 Å². The predicted octanol–water partition coefficient (Wildman–Crippen LogP) is 3.62. The van der Waals surface area contributed by atoms with E-state index < -0.39 is 12.1 Å². The normalized spacial score (nSPS) is 18.5. The zero-order valence-electron chi connectivity index (χ0n) is 16.9. The molecule has 1 aliphatic rings. The van der Waals surface area contributed by atoms with E-state index in [1.54, 1.807) is 0 Å². The summed E-state index contributed by atoms with van der Waals surface area (Å²) >= 11 is 5.97. The predicted molar refractivity (Wildman–Crippen MR) is 118 cm³/mol. The van der Waals surface area contributed by atoms with Gasteiger partial charge in [0, 0.05) is 30.7 Å². The third-order valence-corrected chi connectivity index (χ3v) is 5.64.